The van der Waals surface area contributed by atoms with E-state index in [1.807, 2.05) is 0 Å². The maximum Gasteiger partial charge on any atom is 0.252 e. The van der Waals surface area contributed by atoms with Gasteiger partial charge in [0.1, 0.15) is 11.6 Å². The quantitative estimate of drug-likeness (QED) is 0.837. The standard InChI is InChI=1S/C18H18N2O3/c21-12-5-3-4-11(10-12)17(23)13-8-9-16(22)20-15-7-2-1-6-14(15)19-18(13)20/h3-5,8-10,14-15,19,21H,1-2,6-7H2/t14-,15+/m1/s1. The molecule has 2 aromatic rings. The number of benzene rings is 1. The van der Waals surface area contributed by atoms with Crippen molar-refractivity contribution in [3.05, 3.63) is 57.9 Å². The molecule has 1 aliphatic heterocycles. The number of nitrogens with one attached hydrogen (secondary N) is 1. The molecule has 1 fully saturated rings. The normalized spacial score (nSPS) is 22.1. The van der Waals surface area contributed by atoms with Crippen molar-refractivity contribution in [2.45, 2.75) is 37.8 Å². The molecule has 2 N–H and O–H groups in total. The van der Waals surface area contributed by atoms with Crippen LogP contribution in [0, 0.1) is 0 Å². The zero-order valence-electron chi connectivity index (χ0n) is 12.7. The van der Waals surface area contributed by atoms with Gasteiger partial charge < -0.3 is 10.4 Å². The molecule has 1 aliphatic carbocycles. The number of phenols is 1. The fraction of sp³-hybridized carbons (Fsp3) is 0.333. The monoisotopic (exact) mass is 310 g/mol. The van der Waals surface area contributed by atoms with E-state index in [1.54, 1.807) is 22.8 Å². The fourth-order valence-electron chi connectivity index (χ4n) is 3.78. The number of anilines is 1. The van der Waals surface area contributed by atoms with Gasteiger partial charge in [0.05, 0.1) is 11.6 Å². The minimum absolute atomic E-state index is 0.0576. The van der Waals surface area contributed by atoms with Gasteiger partial charge in [0, 0.05) is 17.7 Å². The van der Waals surface area contributed by atoms with Gasteiger partial charge in [-0.3, -0.25) is 14.2 Å². The molecule has 1 saturated carbocycles. The van der Waals surface area contributed by atoms with E-state index in [2.05, 4.69) is 5.32 Å². The highest BCUT2D eigenvalue weighted by atomic mass is 16.3. The highest BCUT2D eigenvalue weighted by Crippen LogP contribution is 2.38. The van der Waals surface area contributed by atoms with E-state index in [9.17, 15) is 14.7 Å². The third-order valence-electron chi connectivity index (χ3n) is 4.86. The number of rotatable bonds is 2. The second kappa shape index (κ2) is 5.26. The largest absolute Gasteiger partial charge is 0.508 e. The molecule has 0 unspecified atom stereocenters. The van der Waals surface area contributed by atoms with E-state index in [4.69, 9.17) is 0 Å². The summed E-state index contributed by atoms with van der Waals surface area (Å²) in [5.74, 6) is 0.501. The number of aromatic hydroxyl groups is 1. The molecule has 2 aliphatic rings. The molecule has 1 aromatic carbocycles. The summed E-state index contributed by atoms with van der Waals surface area (Å²) >= 11 is 0. The van der Waals surface area contributed by atoms with E-state index in [0.717, 1.165) is 25.7 Å². The Labute approximate surface area is 133 Å². The summed E-state index contributed by atoms with van der Waals surface area (Å²) in [5, 5.41) is 13.0. The Morgan fingerprint density at radius 2 is 2.00 bits per heavy atom. The van der Waals surface area contributed by atoms with Crippen LogP contribution in [0.2, 0.25) is 0 Å². The molecule has 4 rings (SSSR count). The Hall–Kier alpha value is -2.56. The Morgan fingerprint density at radius 3 is 2.83 bits per heavy atom. The van der Waals surface area contributed by atoms with Crippen LogP contribution >= 0.6 is 0 Å². The van der Waals surface area contributed by atoms with Crippen molar-refractivity contribution in [3.8, 4) is 5.75 Å². The van der Waals surface area contributed by atoms with Gasteiger partial charge in [-0.2, -0.15) is 0 Å². The van der Waals surface area contributed by atoms with Gasteiger partial charge in [-0.1, -0.05) is 25.0 Å². The minimum Gasteiger partial charge on any atom is -0.508 e. The Morgan fingerprint density at radius 1 is 1.17 bits per heavy atom. The minimum atomic E-state index is -0.184. The molecule has 0 saturated heterocycles. The number of carbonyl (C=O) groups is 1. The number of phenolic OH excluding ortho intramolecular Hbond substituents is 1. The number of fused-ring (bicyclic) bond motifs is 3. The van der Waals surface area contributed by atoms with Crippen molar-refractivity contribution in [1.82, 2.24) is 4.57 Å². The zero-order valence-corrected chi connectivity index (χ0v) is 12.7. The lowest BCUT2D eigenvalue weighted by Crippen LogP contribution is -2.29. The first-order chi connectivity index (χ1) is 11.1. The second-order valence-corrected chi connectivity index (χ2v) is 6.29. The van der Waals surface area contributed by atoms with Crippen molar-refractivity contribution < 1.29 is 9.90 Å². The number of hydrogen-bond acceptors (Lipinski definition) is 4. The number of carbonyl (C=O) groups excluding carboxylic acids is 1. The molecular formula is C18H18N2O3. The van der Waals surface area contributed by atoms with Gasteiger partial charge >= 0.3 is 0 Å². The summed E-state index contributed by atoms with van der Waals surface area (Å²) in [7, 11) is 0. The highest BCUT2D eigenvalue weighted by molar-refractivity contribution is 6.12. The molecule has 1 aromatic heterocycles. The molecule has 2 heterocycles. The maximum atomic E-state index is 12.8. The number of ketones is 1. The van der Waals surface area contributed by atoms with Crippen LogP contribution in [0.25, 0.3) is 0 Å². The lowest BCUT2D eigenvalue weighted by molar-refractivity contribution is 0.103. The third kappa shape index (κ3) is 2.23. The zero-order chi connectivity index (χ0) is 16.0. The van der Waals surface area contributed by atoms with Gasteiger partial charge in [-0.15, -0.1) is 0 Å². The second-order valence-electron chi connectivity index (χ2n) is 6.29. The Balaban J connectivity index is 1.81. The number of nitrogens with zero attached hydrogens (tertiary/aromatic N) is 1. The molecule has 2 atom stereocenters. The van der Waals surface area contributed by atoms with Crippen LogP contribution in [0.3, 0.4) is 0 Å². The summed E-state index contributed by atoms with van der Waals surface area (Å²) in [4.78, 5) is 25.1. The number of aromatic nitrogens is 1. The van der Waals surface area contributed by atoms with Crippen molar-refractivity contribution in [2.75, 3.05) is 5.32 Å². The molecule has 0 bridgehead atoms. The maximum absolute atomic E-state index is 12.8. The van der Waals surface area contributed by atoms with E-state index in [1.165, 1.54) is 18.2 Å². The summed E-state index contributed by atoms with van der Waals surface area (Å²) < 4.78 is 1.75. The molecule has 5 nitrogen and oxygen atoms in total. The van der Waals surface area contributed by atoms with E-state index >= 15 is 0 Å². The van der Waals surface area contributed by atoms with Crippen LogP contribution in [-0.2, 0) is 0 Å². The molecule has 0 radical (unpaired) electrons. The van der Waals surface area contributed by atoms with Gasteiger partial charge in [-0.05, 0) is 31.0 Å². The smallest absolute Gasteiger partial charge is 0.252 e. The fourth-order valence-corrected chi connectivity index (χ4v) is 3.78. The van der Waals surface area contributed by atoms with Crippen LogP contribution in [-0.4, -0.2) is 21.5 Å². The van der Waals surface area contributed by atoms with Crippen LogP contribution in [0.5, 0.6) is 5.75 Å². The van der Waals surface area contributed by atoms with Gasteiger partial charge in [0.25, 0.3) is 5.56 Å². The van der Waals surface area contributed by atoms with Crippen LogP contribution < -0.4 is 10.9 Å². The SMILES string of the molecule is O=C(c1cccc(O)c1)c1ccc(=O)n2c1N[C@@H]1CCCC[C@@H]12. The summed E-state index contributed by atoms with van der Waals surface area (Å²) in [6.07, 6.45) is 4.24. The first-order valence-corrected chi connectivity index (χ1v) is 8.01. The number of hydrogen-bond donors (Lipinski definition) is 2. The lowest BCUT2D eigenvalue weighted by Gasteiger charge is -2.25. The average molecular weight is 310 g/mol. The van der Waals surface area contributed by atoms with Gasteiger partial charge in [-0.25, -0.2) is 0 Å². The molecule has 118 valence electrons. The van der Waals surface area contributed by atoms with E-state index in [-0.39, 0.29) is 29.2 Å². The van der Waals surface area contributed by atoms with E-state index < -0.39 is 0 Å². The van der Waals surface area contributed by atoms with Crippen LogP contribution in [0.4, 0.5) is 5.82 Å². The molecule has 0 amide bonds. The molecular weight excluding hydrogens is 292 g/mol. The molecule has 0 spiro atoms. The number of pyridine rings is 1. The summed E-state index contributed by atoms with van der Waals surface area (Å²) in [5.41, 5.74) is 0.849. The molecule has 5 heteroatoms. The highest BCUT2D eigenvalue weighted by Gasteiger charge is 2.36. The van der Waals surface area contributed by atoms with Gasteiger partial charge in [0.2, 0.25) is 0 Å². The van der Waals surface area contributed by atoms with Crippen molar-refractivity contribution in [3.63, 3.8) is 0 Å². The van der Waals surface area contributed by atoms with Crippen LogP contribution in [0.15, 0.2) is 41.2 Å². The predicted octanol–water partition coefficient (Wildman–Crippen LogP) is 2.69. The lowest BCUT2D eigenvalue weighted by atomic mass is 9.91. The third-order valence-corrected chi connectivity index (χ3v) is 4.86. The Bertz CT molecular complexity index is 840. The van der Waals surface area contributed by atoms with Crippen molar-refractivity contribution in [2.24, 2.45) is 0 Å². The first kappa shape index (κ1) is 14.1. The summed E-state index contributed by atoms with van der Waals surface area (Å²) in [6.45, 7) is 0. The predicted molar refractivity (Wildman–Crippen MR) is 87.2 cm³/mol. The first-order valence-electron chi connectivity index (χ1n) is 8.01. The molecule has 23 heavy (non-hydrogen) atoms. The Kier molecular flexibility index (Phi) is 3.22. The topological polar surface area (TPSA) is 71.3 Å². The summed E-state index contributed by atoms with van der Waals surface area (Å²) in [6, 6.07) is 9.73. The van der Waals surface area contributed by atoms with Crippen LogP contribution in [0.1, 0.15) is 47.6 Å². The van der Waals surface area contributed by atoms with Gasteiger partial charge in [0.15, 0.2) is 5.78 Å². The average Bonchev–Trinajstić information content (AvgIpc) is 2.95. The van der Waals surface area contributed by atoms with Crippen molar-refractivity contribution >= 4 is 11.6 Å². The van der Waals surface area contributed by atoms with Crippen molar-refractivity contribution in [1.29, 1.82) is 0 Å². The van der Waals surface area contributed by atoms with E-state index in [0.29, 0.717) is 16.9 Å².